The number of nitrogens with one attached hydrogen (secondary N) is 1. The molecule has 2 aliphatic heterocycles. The van der Waals surface area contributed by atoms with E-state index in [2.05, 4.69) is 5.32 Å². The summed E-state index contributed by atoms with van der Waals surface area (Å²) in [6, 6.07) is 19.9. The molecule has 1 N–H and O–H groups in total. The van der Waals surface area contributed by atoms with E-state index in [0.29, 0.717) is 28.0 Å². The molecule has 0 saturated carbocycles. The summed E-state index contributed by atoms with van der Waals surface area (Å²) in [6.45, 7) is 0.278. The molecule has 0 aliphatic carbocycles. The van der Waals surface area contributed by atoms with Gasteiger partial charge in [0.1, 0.15) is 18.5 Å². The Hall–Kier alpha value is -3.43. The molecule has 0 radical (unpaired) electrons. The fraction of sp³-hybridized carbons (Fsp3) is 0.208. The summed E-state index contributed by atoms with van der Waals surface area (Å²) < 4.78 is 45.4. The minimum atomic E-state index is -3.96. The Morgan fingerprint density at radius 3 is 2.38 bits per heavy atom. The molecule has 0 aromatic heterocycles. The SMILES string of the molecule is O=C(NC[C@H]1COc2ccccc2O1)[C@H]1CN(S(=O)(=O)c2ccc(Cl)cc2)c2ccccc2O1. The number of amides is 1. The number of halogens is 1. The Labute approximate surface area is 202 Å². The maximum atomic E-state index is 13.4. The van der Waals surface area contributed by atoms with Crippen molar-refractivity contribution in [2.75, 3.05) is 24.0 Å². The van der Waals surface area contributed by atoms with E-state index in [1.807, 2.05) is 18.2 Å². The lowest BCUT2D eigenvalue weighted by atomic mass is 10.2. The molecule has 0 saturated heterocycles. The number of carbonyl (C=O) groups is 1. The van der Waals surface area contributed by atoms with Crippen LogP contribution in [0.25, 0.3) is 0 Å². The molecule has 0 bridgehead atoms. The van der Waals surface area contributed by atoms with Crippen LogP contribution in [0.5, 0.6) is 17.2 Å². The van der Waals surface area contributed by atoms with E-state index in [4.69, 9.17) is 25.8 Å². The summed E-state index contributed by atoms with van der Waals surface area (Å²) in [7, 11) is -3.96. The average Bonchev–Trinajstić information content (AvgIpc) is 2.86. The minimum Gasteiger partial charge on any atom is -0.486 e. The highest BCUT2D eigenvalue weighted by atomic mass is 35.5. The second kappa shape index (κ2) is 9.08. The van der Waals surface area contributed by atoms with Crippen LogP contribution in [-0.4, -0.2) is 46.2 Å². The number of rotatable bonds is 5. The number of fused-ring (bicyclic) bond motifs is 2. The third-order valence-electron chi connectivity index (χ3n) is 5.50. The Bertz CT molecular complexity index is 1320. The molecule has 2 atom stereocenters. The minimum absolute atomic E-state index is 0.0687. The van der Waals surface area contributed by atoms with Gasteiger partial charge in [0.25, 0.3) is 15.9 Å². The van der Waals surface area contributed by atoms with Crippen LogP contribution >= 0.6 is 11.6 Å². The predicted molar refractivity (Wildman–Crippen MR) is 126 cm³/mol. The van der Waals surface area contributed by atoms with E-state index in [9.17, 15) is 13.2 Å². The van der Waals surface area contributed by atoms with Gasteiger partial charge >= 0.3 is 0 Å². The topological polar surface area (TPSA) is 94.2 Å². The van der Waals surface area contributed by atoms with Crippen molar-refractivity contribution in [3.8, 4) is 17.2 Å². The van der Waals surface area contributed by atoms with Gasteiger partial charge in [0.2, 0.25) is 0 Å². The maximum absolute atomic E-state index is 13.4. The Balaban J connectivity index is 1.32. The molecule has 2 aliphatic rings. The van der Waals surface area contributed by atoms with Crippen molar-refractivity contribution in [3.63, 3.8) is 0 Å². The molecule has 8 nitrogen and oxygen atoms in total. The first-order valence-corrected chi connectivity index (χ1v) is 12.4. The fourth-order valence-electron chi connectivity index (χ4n) is 3.79. The molecule has 5 rings (SSSR count). The van der Waals surface area contributed by atoms with Gasteiger partial charge in [-0.05, 0) is 48.5 Å². The van der Waals surface area contributed by atoms with Gasteiger partial charge in [0.05, 0.1) is 23.7 Å². The zero-order valence-electron chi connectivity index (χ0n) is 17.9. The van der Waals surface area contributed by atoms with E-state index in [0.717, 1.165) is 0 Å². The summed E-state index contributed by atoms with van der Waals surface area (Å²) in [6.07, 6.45) is -1.43. The second-order valence-electron chi connectivity index (χ2n) is 7.81. The van der Waals surface area contributed by atoms with Crippen molar-refractivity contribution in [1.82, 2.24) is 5.32 Å². The van der Waals surface area contributed by atoms with Crippen molar-refractivity contribution >= 4 is 33.2 Å². The highest BCUT2D eigenvalue weighted by molar-refractivity contribution is 7.92. The monoisotopic (exact) mass is 500 g/mol. The molecule has 0 spiro atoms. The summed E-state index contributed by atoms with van der Waals surface area (Å²) in [4.78, 5) is 13.0. The average molecular weight is 501 g/mol. The summed E-state index contributed by atoms with van der Waals surface area (Å²) in [5.74, 6) is 1.11. The third-order valence-corrected chi connectivity index (χ3v) is 7.55. The van der Waals surface area contributed by atoms with E-state index in [-0.39, 0.29) is 30.7 Å². The quantitative estimate of drug-likeness (QED) is 0.578. The van der Waals surface area contributed by atoms with Crippen molar-refractivity contribution in [2.24, 2.45) is 0 Å². The summed E-state index contributed by atoms with van der Waals surface area (Å²) in [5, 5.41) is 3.22. The predicted octanol–water partition coefficient (Wildman–Crippen LogP) is 3.25. The number of carbonyl (C=O) groups excluding carboxylic acids is 1. The van der Waals surface area contributed by atoms with E-state index in [1.165, 1.54) is 28.6 Å². The van der Waals surface area contributed by atoms with Gasteiger partial charge in [-0.25, -0.2) is 8.42 Å². The molecular formula is C24H21ClN2O6S. The van der Waals surface area contributed by atoms with Crippen LogP contribution in [0.2, 0.25) is 5.02 Å². The van der Waals surface area contributed by atoms with E-state index >= 15 is 0 Å². The number of anilines is 1. The van der Waals surface area contributed by atoms with Crippen molar-refractivity contribution in [1.29, 1.82) is 0 Å². The largest absolute Gasteiger partial charge is 0.486 e. The molecule has 3 aromatic rings. The van der Waals surface area contributed by atoms with Crippen molar-refractivity contribution in [3.05, 3.63) is 77.8 Å². The van der Waals surface area contributed by atoms with Gasteiger partial charge in [-0.3, -0.25) is 9.10 Å². The van der Waals surface area contributed by atoms with Gasteiger partial charge in [0, 0.05) is 5.02 Å². The number of sulfonamides is 1. The van der Waals surface area contributed by atoms with Crippen LogP contribution in [0.4, 0.5) is 5.69 Å². The van der Waals surface area contributed by atoms with Crippen LogP contribution in [0, 0.1) is 0 Å². The van der Waals surface area contributed by atoms with E-state index in [1.54, 1.807) is 30.3 Å². The molecule has 1 amide bonds. The van der Waals surface area contributed by atoms with Gasteiger partial charge < -0.3 is 19.5 Å². The lowest BCUT2D eigenvalue weighted by molar-refractivity contribution is -0.128. The zero-order valence-corrected chi connectivity index (χ0v) is 19.5. The van der Waals surface area contributed by atoms with Crippen LogP contribution < -0.4 is 23.8 Å². The Morgan fingerprint density at radius 2 is 1.62 bits per heavy atom. The van der Waals surface area contributed by atoms with Gasteiger partial charge in [-0.1, -0.05) is 35.9 Å². The molecule has 10 heteroatoms. The molecule has 3 aromatic carbocycles. The highest BCUT2D eigenvalue weighted by Crippen LogP contribution is 2.37. The van der Waals surface area contributed by atoms with Crippen molar-refractivity contribution in [2.45, 2.75) is 17.1 Å². The van der Waals surface area contributed by atoms with Crippen LogP contribution in [0.1, 0.15) is 0 Å². The third kappa shape index (κ3) is 4.36. The number of hydrogen-bond acceptors (Lipinski definition) is 6. The van der Waals surface area contributed by atoms with Gasteiger partial charge in [-0.2, -0.15) is 0 Å². The van der Waals surface area contributed by atoms with Gasteiger partial charge in [0.15, 0.2) is 17.6 Å². The van der Waals surface area contributed by atoms with Crippen molar-refractivity contribution < 1.29 is 27.4 Å². The first-order valence-electron chi connectivity index (χ1n) is 10.6. The molecule has 0 unspecified atom stereocenters. The molecule has 0 fully saturated rings. The number of nitrogens with zero attached hydrogens (tertiary/aromatic N) is 1. The normalized spacial score (nSPS) is 19.0. The lowest BCUT2D eigenvalue weighted by Gasteiger charge is -2.35. The molecule has 176 valence electrons. The highest BCUT2D eigenvalue weighted by Gasteiger charge is 2.37. The second-order valence-corrected chi connectivity index (χ2v) is 10.1. The van der Waals surface area contributed by atoms with Crippen LogP contribution in [0.3, 0.4) is 0 Å². The standard InChI is InChI=1S/C24H21ClN2O6S/c25-16-9-11-18(12-10-16)34(29,30)27-14-23(33-20-6-2-1-5-19(20)27)24(28)26-13-17-15-31-21-7-3-4-8-22(21)32-17/h1-12,17,23H,13-15H2,(H,26,28)/t17-,23+/m0/s1. The first-order chi connectivity index (χ1) is 16.4. The smallest absolute Gasteiger partial charge is 0.264 e. The number of para-hydroxylation sites is 4. The van der Waals surface area contributed by atoms with Crippen LogP contribution in [-0.2, 0) is 14.8 Å². The molecular weight excluding hydrogens is 480 g/mol. The lowest BCUT2D eigenvalue weighted by Crippen LogP contribution is -2.52. The number of hydrogen-bond donors (Lipinski definition) is 1. The Morgan fingerprint density at radius 1 is 0.941 bits per heavy atom. The summed E-state index contributed by atoms with van der Waals surface area (Å²) in [5.41, 5.74) is 0.363. The maximum Gasteiger partial charge on any atom is 0.264 e. The first kappa shape index (κ1) is 22.4. The van der Waals surface area contributed by atoms with E-state index < -0.39 is 22.0 Å². The number of benzene rings is 3. The van der Waals surface area contributed by atoms with Crippen LogP contribution in [0.15, 0.2) is 77.7 Å². The van der Waals surface area contributed by atoms with Gasteiger partial charge in [-0.15, -0.1) is 0 Å². The Kier molecular flexibility index (Phi) is 5.97. The fourth-order valence-corrected chi connectivity index (χ4v) is 5.39. The summed E-state index contributed by atoms with van der Waals surface area (Å²) >= 11 is 5.92. The number of ether oxygens (including phenoxy) is 3. The zero-order chi connectivity index (χ0) is 23.7. The molecule has 34 heavy (non-hydrogen) atoms. The molecule has 2 heterocycles.